The lowest BCUT2D eigenvalue weighted by Gasteiger charge is -2.12. The van der Waals surface area contributed by atoms with E-state index >= 15 is 0 Å². The molecular formula is C20H24N4O. The number of urea groups is 1. The largest absolute Gasteiger partial charge is 0.338 e. The second kappa shape index (κ2) is 7.83. The number of carbonyl (C=O) groups excluding carboxylic acids is 1. The van der Waals surface area contributed by atoms with Crippen molar-refractivity contribution in [1.29, 1.82) is 0 Å². The van der Waals surface area contributed by atoms with E-state index in [0.29, 0.717) is 25.6 Å². The Kier molecular flexibility index (Phi) is 5.33. The standard InChI is InChI=1S/C20H24N4O/c1-15(2)14-22-20(25)21-12-13-24-18-11-7-6-10-17(18)23-19(24)16-8-4-3-5-9-16/h3-11,15H,12-14H2,1-2H3,(H2,21,22,25). The van der Waals surface area contributed by atoms with Crippen LogP contribution in [0, 0.1) is 5.92 Å². The first-order chi connectivity index (χ1) is 12.1. The number of hydrogen-bond donors (Lipinski definition) is 2. The molecule has 0 aliphatic heterocycles. The number of benzene rings is 2. The third-order valence-corrected chi connectivity index (χ3v) is 3.98. The van der Waals surface area contributed by atoms with Crippen LogP contribution in [0.25, 0.3) is 22.4 Å². The molecule has 3 aromatic rings. The first-order valence-electron chi connectivity index (χ1n) is 8.67. The quantitative estimate of drug-likeness (QED) is 0.722. The molecule has 2 N–H and O–H groups in total. The molecule has 2 amide bonds. The van der Waals surface area contributed by atoms with Crippen LogP contribution in [-0.2, 0) is 6.54 Å². The van der Waals surface area contributed by atoms with E-state index in [1.54, 1.807) is 0 Å². The van der Waals surface area contributed by atoms with E-state index < -0.39 is 0 Å². The highest BCUT2D eigenvalue weighted by Gasteiger charge is 2.12. The average Bonchev–Trinajstić information content (AvgIpc) is 2.99. The summed E-state index contributed by atoms with van der Waals surface area (Å²) in [5.41, 5.74) is 3.11. The van der Waals surface area contributed by atoms with Gasteiger partial charge in [-0.15, -0.1) is 0 Å². The van der Waals surface area contributed by atoms with Crippen LogP contribution in [0.3, 0.4) is 0 Å². The van der Waals surface area contributed by atoms with Crippen LogP contribution in [0.1, 0.15) is 13.8 Å². The molecular weight excluding hydrogens is 312 g/mol. The molecule has 3 rings (SSSR count). The summed E-state index contributed by atoms with van der Waals surface area (Å²) in [6.45, 7) is 6.03. The lowest BCUT2D eigenvalue weighted by atomic mass is 10.2. The zero-order valence-corrected chi connectivity index (χ0v) is 14.7. The van der Waals surface area contributed by atoms with Gasteiger partial charge in [0.25, 0.3) is 0 Å². The molecule has 0 bridgehead atoms. The number of rotatable bonds is 6. The number of fused-ring (bicyclic) bond motifs is 1. The van der Waals surface area contributed by atoms with Crippen molar-refractivity contribution in [2.24, 2.45) is 5.92 Å². The normalized spacial score (nSPS) is 11.0. The lowest BCUT2D eigenvalue weighted by molar-refractivity contribution is 0.239. The van der Waals surface area contributed by atoms with Crippen molar-refractivity contribution in [2.45, 2.75) is 20.4 Å². The van der Waals surface area contributed by atoms with E-state index in [-0.39, 0.29) is 6.03 Å². The molecule has 5 nitrogen and oxygen atoms in total. The minimum absolute atomic E-state index is 0.126. The molecule has 0 atom stereocenters. The van der Waals surface area contributed by atoms with Crippen molar-refractivity contribution in [3.63, 3.8) is 0 Å². The van der Waals surface area contributed by atoms with Gasteiger partial charge < -0.3 is 15.2 Å². The number of imidazole rings is 1. The fourth-order valence-electron chi connectivity index (χ4n) is 2.75. The number of nitrogens with one attached hydrogen (secondary N) is 2. The molecule has 0 aliphatic carbocycles. The van der Waals surface area contributed by atoms with E-state index in [2.05, 4.69) is 47.2 Å². The maximum Gasteiger partial charge on any atom is 0.314 e. The molecule has 2 aromatic carbocycles. The Hall–Kier alpha value is -2.82. The van der Waals surface area contributed by atoms with Gasteiger partial charge in [0, 0.05) is 25.2 Å². The van der Waals surface area contributed by atoms with Gasteiger partial charge in [-0.25, -0.2) is 9.78 Å². The summed E-state index contributed by atoms with van der Waals surface area (Å²) >= 11 is 0. The Labute approximate surface area is 148 Å². The van der Waals surface area contributed by atoms with Crippen LogP contribution in [0.5, 0.6) is 0 Å². The van der Waals surface area contributed by atoms with Crippen molar-refractivity contribution in [3.8, 4) is 11.4 Å². The first-order valence-corrected chi connectivity index (χ1v) is 8.67. The van der Waals surface area contributed by atoms with Gasteiger partial charge in [-0.05, 0) is 18.1 Å². The van der Waals surface area contributed by atoms with E-state index in [0.717, 1.165) is 22.4 Å². The van der Waals surface area contributed by atoms with Gasteiger partial charge in [0.2, 0.25) is 0 Å². The molecule has 0 saturated carbocycles. The number of carbonyl (C=O) groups is 1. The Bertz CT molecular complexity index is 839. The van der Waals surface area contributed by atoms with Crippen molar-refractivity contribution < 1.29 is 4.79 Å². The topological polar surface area (TPSA) is 59.0 Å². The van der Waals surface area contributed by atoms with Gasteiger partial charge in [-0.2, -0.15) is 0 Å². The van der Waals surface area contributed by atoms with Gasteiger partial charge in [0.15, 0.2) is 0 Å². The molecule has 130 valence electrons. The van der Waals surface area contributed by atoms with Crippen LogP contribution < -0.4 is 10.6 Å². The molecule has 0 radical (unpaired) electrons. The highest BCUT2D eigenvalue weighted by molar-refractivity contribution is 5.80. The molecule has 0 saturated heterocycles. The van der Waals surface area contributed by atoms with E-state index in [9.17, 15) is 4.79 Å². The number of hydrogen-bond acceptors (Lipinski definition) is 2. The molecule has 5 heteroatoms. The molecule has 25 heavy (non-hydrogen) atoms. The third-order valence-electron chi connectivity index (χ3n) is 3.98. The number of amides is 2. The van der Waals surface area contributed by atoms with Crippen LogP contribution in [0.4, 0.5) is 4.79 Å². The van der Waals surface area contributed by atoms with Crippen LogP contribution in [0.2, 0.25) is 0 Å². The fraction of sp³-hybridized carbons (Fsp3) is 0.300. The summed E-state index contributed by atoms with van der Waals surface area (Å²) in [5.74, 6) is 1.36. The maximum absolute atomic E-state index is 11.8. The Morgan fingerprint density at radius 3 is 2.52 bits per heavy atom. The molecule has 0 aliphatic rings. The first kappa shape index (κ1) is 17.0. The third kappa shape index (κ3) is 4.18. The molecule has 1 aromatic heterocycles. The summed E-state index contributed by atoms with van der Waals surface area (Å²) < 4.78 is 2.16. The molecule has 0 fully saturated rings. The van der Waals surface area contributed by atoms with Gasteiger partial charge in [-0.1, -0.05) is 56.3 Å². The van der Waals surface area contributed by atoms with Gasteiger partial charge in [0.05, 0.1) is 11.0 Å². The van der Waals surface area contributed by atoms with E-state index in [1.807, 2.05) is 36.4 Å². The van der Waals surface area contributed by atoms with Crippen molar-refractivity contribution in [2.75, 3.05) is 13.1 Å². The predicted molar refractivity (Wildman–Crippen MR) is 101 cm³/mol. The Morgan fingerprint density at radius 2 is 1.76 bits per heavy atom. The molecule has 1 heterocycles. The zero-order chi connectivity index (χ0) is 17.6. The second-order valence-electron chi connectivity index (χ2n) is 6.47. The highest BCUT2D eigenvalue weighted by atomic mass is 16.2. The van der Waals surface area contributed by atoms with Crippen LogP contribution in [-0.4, -0.2) is 28.7 Å². The van der Waals surface area contributed by atoms with Crippen molar-refractivity contribution in [1.82, 2.24) is 20.2 Å². The van der Waals surface area contributed by atoms with Gasteiger partial charge in [0.1, 0.15) is 5.82 Å². The summed E-state index contributed by atoms with van der Waals surface area (Å²) in [6, 6.07) is 18.1. The summed E-state index contributed by atoms with van der Waals surface area (Å²) in [5, 5.41) is 5.79. The smallest absolute Gasteiger partial charge is 0.314 e. The van der Waals surface area contributed by atoms with Gasteiger partial charge >= 0.3 is 6.03 Å². The SMILES string of the molecule is CC(C)CNC(=O)NCCn1c(-c2ccccc2)nc2ccccc21. The molecule has 0 unspecified atom stereocenters. The Morgan fingerprint density at radius 1 is 1.04 bits per heavy atom. The van der Waals surface area contributed by atoms with Crippen molar-refractivity contribution in [3.05, 3.63) is 54.6 Å². The van der Waals surface area contributed by atoms with Gasteiger partial charge in [-0.3, -0.25) is 0 Å². The van der Waals surface area contributed by atoms with Crippen LogP contribution in [0.15, 0.2) is 54.6 Å². The number of para-hydroxylation sites is 2. The average molecular weight is 336 g/mol. The summed E-state index contributed by atoms with van der Waals surface area (Å²) in [7, 11) is 0. The van der Waals surface area contributed by atoms with Crippen molar-refractivity contribution >= 4 is 17.1 Å². The number of aromatic nitrogens is 2. The summed E-state index contributed by atoms with van der Waals surface area (Å²) in [6.07, 6.45) is 0. The maximum atomic E-state index is 11.8. The minimum atomic E-state index is -0.126. The Balaban J connectivity index is 1.77. The van der Waals surface area contributed by atoms with E-state index in [4.69, 9.17) is 4.98 Å². The predicted octanol–water partition coefficient (Wildman–Crippen LogP) is 3.66. The number of nitrogens with zero attached hydrogens (tertiary/aromatic N) is 2. The fourth-order valence-corrected chi connectivity index (χ4v) is 2.75. The van der Waals surface area contributed by atoms with Crippen LogP contribution >= 0.6 is 0 Å². The monoisotopic (exact) mass is 336 g/mol. The minimum Gasteiger partial charge on any atom is -0.338 e. The zero-order valence-electron chi connectivity index (χ0n) is 14.7. The second-order valence-corrected chi connectivity index (χ2v) is 6.47. The molecule has 0 spiro atoms. The summed E-state index contributed by atoms with van der Waals surface area (Å²) in [4.78, 5) is 16.6. The van der Waals surface area contributed by atoms with E-state index in [1.165, 1.54) is 0 Å². The highest BCUT2D eigenvalue weighted by Crippen LogP contribution is 2.24. The lowest BCUT2D eigenvalue weighted by Crippen LogP contribution is -2.38.